The number of amides is 2. The highest BCUT2D eigenvalue weighted by Gasteiger charge is 2.22. The second-order valence-corrected chi connectivity index (χ2v) is 8.89. The Hall–Kier alpha value is -3.98. The molecule has 0 unspecified atom stereocenters. The highest BCUT2D eigenvalue weighted by molar-refractivity contribution is 6.08. The molecule has 1 fully saturated rings. The molecule has 35 heavy (non-hydrogen) atoms. The molecule has 4 rings (SSSR count). The van der Waals surface area contributed by atoms with E-state index in [4.69, 9.17) is 4.98 Å². The number of carboxylic acid groups (broad SMARTS) is 1. The number of carbonyl (C=O) groups is 3. The van der Waals surface area contributed by atoms with E-state index in [1.54, 1.807) is 55.4 Å². The van der Waals surface area contributed by atoms with E-state index in [-0.39, 0.29) is 17.4 Å². The van der Waals surface area contributed by atoms with Gasteiger partial charge in [0.15, 0.2) is 0 Å². The number of anilines is 2. The zero-order valence-corrected chi connectivity index (χ0v) is 20.1. The number of aromatic nitrogens is 1. The van der Waals surface area contributed by atoms with Gasteiger partial charge in [0, 0.05) is 56.9 Å². The van der Waals surface area contributed by atoms with E-state index >= 15 is 0 Å². The summed E-state index contributed by atoms with van der Waals surface area (Å²) in [6.45, 7) is 4.88. The smallest absolute Gasteiger partial charge is 0.336 e. The zero-order valence-electron chi connectivity index (χ0n) is 20.1. The van der Waals surface area contributed by atoms with Crippen LogP contribution in [0.1, 0.15) is 26.3 Å². The van der Waals surface area contributed by atoms with Gasteiger partial charge >= 0.3 is 5.97 Å². The van der Waals surface area contributed by atoms with Gasteiger partial charge in [0.05, 0.1) is 17.6 Å². The number of hydrogen-bond acceptors (Lipinski definition) is 6. The molecule has 0 bridgehead atoms. The number of pyridine rings is 1. The van der Waals surface area contributed by atoms with E-state index in [0.717, 1.165) is 5.56 Å². The number of aryl methyl sites for hydroxylation is 1. The lowest BCUT2D eigenvalue weighted by molar-refractivity contribution is -0.129. The summed E-state index contributed by atoms with van der Waals surface area (Å²) < 4.78 is 0. The number of carboxylic acids is 1. The number of nitrogens with one attached hydrogen (secondary N) is 1. The summed E-state index contributed by atoms with van der Waals surface area (Å²) in [6.07, 6.45) is 0. The summed E-state index contributed by atoms with van der Waals surface area (Å²) >= 11 is 0. The largest absolute Gasteiger partial charge is 0.478 e. The third kappa shape index (κ3) is 5.41. The van der Waals surface area contributed by atoms with E-state index in [1.165, 1.54) is 0 Å². The van der Waals surface area contributed by atoms with Gasteiger partial charge in [-0.2, -0.15) is 0 Å². The summed E-state index contributed by atoms with van der Waals surface area (Å²) in [5, 5.41) is 13.2. The number of hydrogen-bond donors (Lipinski definition) is 2. The zero-order chi connectivity index (χ0) is 25.1. The molecular formula is C26H29N5O4. The predicted octanol–water partition coefficient (Wildman–Crippen LogP) is 2.70. The summed E-state index contributed by atoms with van der Waals surface area (Å²) in [7, 11) is 3.48. The molecule has 0 aliphatic carbocycles. The molecule has 2 N–H and O–H groups in total. The van der Waals surface area contributed by atoms with Gasteiger partial charge in [0.1, 0.15) is 5.82 Å². The van der Waals surface area contributed by atoms with Gasteiger partial charge in [-0.15, -0.1) is 0 Å². The average Bonchev–Trinajstić information content (AvgIpc) is 2.84. The minimum Gasteiger partial charge on any atom is -0.478 e. The maximum Gasteiger partial charge on any atom is 0.336 e. The minimum absolute atomic E-state index is 0.0563. The van der Waals surface area contributed by atoms with Gasteiger partial charge in [0.2, 0.25) is 5.91 Å². The fourth-order valence-corrected chi connectivity index (χ4v) is 4.12. The van der Waals surface area contributed by atoms with E-state index < -0.39 is 5.97 Å². The highest BCUT2D eigenvalue weighted by Crippen LogP contribution is 2.27. The topological polar surface area (TPSA) is 106 Å². The monoisotopic (exact) mass is 475 g/mol. The van der Waals surface area contributed by atoms with Crippen molar-refractivity contribution in [2.24, 2.45) is 0 Å². The number of carbonyl (C=O) groups excluding carboxylic acids is 2. The number of fused-ring (bicyclic) bond motifs is 1. The molecule has 2 heterocycles. The van der Waals surface area contributed by atoms with Crippen LogP contribution in [0.3, 0.4) is 0 Å². The Morgan fingerprint density at radius 2 is 1.71 bits per heavy atom. The minimum atomic E-state index is -1.06. The number of likely N-dealkylation sites (N-methyl/N-ethyl adjacent to an activating group) is 1. The third-order valence-corrected chi connectivity index (χ3v) is 6.23. The van der Waals surface area contributed by atoms with Crippen LogP contribution in [0.5, 0.6) is 0 Å². The Morgan fingerprint density at radius 1 is 1.00 bits per heavy atom. The standard InChI is InChI=1S/C26H29N5O4/c1-17-6-4-5-7-19(17)25(33)27-18-8-9-22-20(14-18)21(26(34)35)15-23(28-22)31-12-10-30(11-13-31)16-24(32)29(2)3/h4-9,14-15H,10-13,16H2,1-3H3,(H,27,33)(H,34,35). The van der Waals surface area contributed by atoms with Crippen LogP contribution < -0.4 is 10.2 Å². The van der Waals surface area contributed by atoms with Gasteiger partial charge in [-0.3, -0.25) is 14.5 Å². The lowest BCUT2D eigenvalue weighted by atomic mass is 10.1. The van der Waals surface area contributed by atoms with Crippen molar-refractivity contribution in [1.82, 2.24) is 14.8 Å². The van der Waals surface area contributed by atoms with Crippen LogP contribution in [0.25, 0.3) is 10.9 Å². The first kappa shape index (κ1) is 24.2. The van der Waals surface area contributed by atoms with Crippen molar-refractivity contribution in [2.45, 2.75) is 6.92 Å². The summed E-state index contributed by atoms with van der Waals surface area (Å²) in [6, 6.07) is 14.0. The van der Waals surface area contributed by atoms with Crippen LogP contribution >= 0.6 is 0 Å². The molecule has 1 saturated heterocycles. The van der Waals surface area contributed by atoms with Crippen molar-refractivity contribution >= 4 is 40.2 Å². The Kier molecular flexibility index (Phi) is 6.97. The van der Waals surface area contributed by atoms with E-state index in [2.05, 4.69) is 10.2 Å². The van der Waals surface area contributed by atoms with Crippen molar-refractivity contribution in [3.05, 3.63) is 65.2 Å². The van der Waals surface area contributed by atoms with Gasteiger partial charge in [-0.25, -0.2) is 9.78 Å². The summed E-state index contributed by atoms with van der Waals surface area (Å²) in [4.78, 5) is 47.2. The SMILES string of the molecule is Cc1ccccc1C(=O)Nc1ccc2nc(N3CCN(CC(=O)N(C)C)CC3)cc(C(=O)O)c2c1. The second kappa shape index (κ2) is 10.1. The first-order valence-corrected chi connectivity index (χ1v) is 11.5. The lowest BCUT2D eigenvalue weighted by Gasteiger charge is -2.35. The molecule has 9 heteroatoms. The Balaban J connectivity index is 1.55. The molecule has 2 amide bonds. The van der Waals surface area contributed by atoms with Gasteiger partial charge in [0.25, 0.3) is 5.91 Å². The van der Waals surface area contributed by atoms with Crippen molar-refractivity contribution < 1.29 is 19.5 Å². The normalized spacial score (nSPS) is 14.1. The average molecular weight is 476 g/mol. The molecule has 3 aromatic rings. The number of piperazine rings is 1. The van der Waals surface area contributed by atoms with E-state index in [9.17, 15) is 19.5 Å². The molecule has 1 aliphatic heterocycles. The molecule has 1 aliphatic rings. The van der Waals surface area contributed by atoms with Crippen LogP contribution in [0.2, 0.25) is 0 Å². The fraction of sp³-hybridized carbons (Fsp3) is 0.308. The summed E-state index contributed by atoms with van der Waals surface area (Å²) in [5.41, 5.74) is 2.59. The van der Waals surface area contributed by atoms with Crippen LogP contribution in [-0.2, 0) is 4.79 Å². The molecule has 182 valence electrons. The number of aromatic carboxylic acids is 1. The van der Waals surface area contributed by atoms with Crippen LogP contribution in [0.15, 0.2) is 48.5 Å². The van der Waals surface area contributed by atoms with Gasteiger partial charge in [-0.1, -0.05) is 18.2 Å². The van der Waals surface area contributed by atoms with Crippen LogP contribution in [-0.4, -0.2) is 84.5 Å². The van der Waals surface area contributed by atoms with Gasteiger partial charge in [-0.05, 0) is 42.8 Å². The molecule has 2 aromatic carbocycles. The number of rotatable bonds is 6. The first-order valence-electron chi connectivity index (χ1n) is 11.5. The molecule has 1 aromatic heterocycles. The lowest BCUT2D eigenvalue weighted by Crippen LogP contribution is -2.49. The Morgan fingerprint density at radius 3 is 2.37 bits per heavy atom. The molecule has 0 atom stereocenters. The molecule has 9 nitrogen and oxygen atoms in total. The van der Waals surface area contributed by atoms with Gasteiger partial charge < -0.3 is 20.2 Å². The first-order chi connectivity index (χ1) is 16.7. The van der Waals surface area contributed by atoms with Crippen molar-refractivity contribution in [1.29, 1.82) is 0 Å². The fourth-order valence-electron chi connectivity index (χ4n) is 4.12. The molecular weight excluding hydrogens is 446 g/mol. The van der Waals surface area contributed by atoms with Crippen molar-refractivity contribution in [3.63, 3.8) is 0 Å². The van der Waals surface area contributed by atoms with Crippen molar-refractivity contribution in [3.8, 4) is 0 Å². The number of nitrogens with zero attached hydrogens (tertiary/aromatic N) is 4. The summed E-state index contributed by atoms with van der Waals surface area (Å²) in [5.74, 6) is -0.670. The highest BCUT2D eigenvalue weighted by atomic mass is 16.4. The quantitative estimate of drug-likeness (QED) is 0.565. The second-order valence-electron chi connectivity index (χ2n) is 8.89. The van der Waals surface area contributed by atoms with E-state index in [0.29, 0.717) is 60.7 Å². The number of benzene rings is 2. The van der Waals surface area contributed by atoms with Crippen LogP contribution in [0, 0.1) is 6.92 Å². The Labute approximate surface area is 204 Å². The Bertz CT molecular complexity index is 1280. The molecule has 0 spiro atoms. The maximum atomic E-state index is 12.7. The molecule has 0 radical (unpaired) electrons. The van der Waals surface area contributed by atoms with E-state index in [1.807, 2.05) is 24.0 Å². The van der Waals surface area contributed by atoms with Crippen molar-refractivity contribution in [2.75, 3.05) is 57.0 Å². The predicted molar refractivity (Wildman–Crippen MR) is 135 cm³/mol. The third-order valence-electron chi connectivity index (χ3n) is 6.23. The molecule has 0 saturated carbocycles. The van der Waals surface area contributed by atoms with Crippen LogP contribution in [0.4, 0.5) is 11.5 Å². The maximum absolute atomic E-state index is 12.7.